The maximum absolute atomic E-state index is 12.6. The largest absolute Gasteiger partial charge is 0.325 e. The van der Waals surface area contributed by atoms with E-state index in [2.05, 4.69) is 29.1 Å². The lowest BCUT2D eigenvalue weighted by Crippen LogP contribution is -2.34. The smallest absolute Gasteiger partial charge is 0.258 e. The molecule has 0 unspecified atom stereocenters. The Bertz CT molecular complexity index is 1080. The Morgan fingerprint density at radius 3 is 2.72 bits per heavy atom. The third kappa shape index (κ3) is 5.22. The molecule has 7 heteroatoms. The first kappa shape index (κ1) is 21.0. The van der Waals surface area contributed by atoms with Crippen LogP contribution in [0.15, 0.2) is 47.3 Å². The molecule has 1 aromatic heterocycles. The Labute approximate surface area is 174 Å². The number of carbonyl (C=O) groups is 1. The number of likely N-dealkylation sites (N-methyl/N-ethyl adjacent to an activating group) is 1. The number of carbonyl (C=O) groups excluding carboxylic acids is 1. The molecule has 6 nitrogen and oxygen atoms in total. The second-order valence-corrected chi connectivity index (χ2v) is 7.70. The lowest BCUT2D eigenvalue weighted by Gasteiger charge is -2.20. The van der Waals surface area contributed by atoms with Gasteiger partial charge in [0.25, 0.3) is 5.56 Å². The Hall–Kier alpha value is -2.70. The Balaban J connectivity index is 1.73. The number of halogens is 1. The Morgan fingerprint density at radius 2 is 2.00 bits per heavy atom. The normalized spacial score (nSPS) is 11.4. The quantitative estimate of drug-likeness (QED) is 0.610. The predicted molar refractivity (Wildman–Crippen MR) is 117 cm³/mol. The van der Waals surface area contributed by atoms with Crippen LogP contribution in [0.2, 0.25) is 5.02 Å². The Kier molecular flexibility index (Phi) is 6.67. The van der Waals surface area contributed by atoms with Gasteiger partial charge < -0.3 is 10.3 Å². The summed E-state index contributed by atoms with van der Waals surface area (Å²) in [5, 5.41) is 4.02. The van der Waals surface area contributed by atoms with Gasteiger partial charge in [-0.3, -0.25) is 14.5 Å². The zero-order valence-corrected chi connectivity index (χ0v) is 17.6. The monoisotopic (exact) mass is 412 g/mol. The molecule has 29 heavy (non-hydrogen) atoms. The molecule has 3 rings (SSSR count). The number of fused-ring (bicyclic) bond motifs is 1. The van der Waals surface area contributed by atoms with Gasteiger partial charge in [-0.2, -0.15) is 0 Å². The summed E-state index contributed by atoms with van der Waals surface area (Å²) >= 11 is 6.02. The van der Waals surface area contributed by atoms with Crippen molar-refractivity contribution in [3.05, 3.63) is 69.2 Å². The minimum absolute atomic E-state index is 0.105. The number of anilines is 1. The maximum Gasteiger partial charge on any atom is 0.258 e. The summed E-state index contributed by atoms with van der Waals surface area (Å²) < 4.78 is 0. The van der Waals surface area contributed by atoms with Crippen LogP contribution in [-0.2, 0) is 11.3 Å². The van der Waals surface area contributed by atoms with Crippen LogP contribution in [0, 0.1) is 0 Å². The van der Waals surface area contributed by atoms with E-state index in [0.29, 0.717) is 40.8 Å². The van der Waals surface area contributed by atoms with Crippen LogP contribution in [0.1, 0.15) is 38.1 Å². The molecule has 0 aliphatic carbocycles. The second-order valence-electron chi connectivity index (χ2n) is 7.27. The molecular formula is C22H25ClN4O2. The fraction of sp³-hybridized carbons (Fsp3) is 0.318. The molecule has 0 radical (unpaired) electrons. The highest BCUT2D eigenvalue weighted by Crippen LogP contribution is 2.23. The fourth-order valence-electron chi connectivity index (χ4n) is 3.23. The van der Waals surface area contributed by atoms with Gasteiger partial charge in [0.15, 0.2) is 0 Å². The van der Waals surface area contributed by atoms with Crippen molar-refractivity contribution in [3.8, 4) is 0 Å². The summed E-state index contributed by atoms with van der Waals surface area (Å²) in [4.78, 5) is 34.1. The highest BCUT2D eigenvalue weighted by molar-refractivity contribution is 6.31. The van der Waals surface area contributed by atoms with Crippen molar-refractivity contribution >= 4 is 34.1 Å². The average Bonchev–Trinajstić information content (AvgIpc) is 2.67. The van der Waals surface area contributed by atoms with Crippen LogP contribution in [0.4, 0.5) is 5.69 Å². The first-order valence-corrected chi connectivity index (χ1v) is 10.0. The van der Waals surface area contributed by atoms with E-state index in [1.54, 1.807) is 18.2 Å². The van der Waals surface area contributed by atoms with Crippen molar-refractivity contribution in [1.82, 2.24) is 14.9 Å². The molecule has 2 N–H and O–H groups in total. The van der Waals surface area contributed by atoms with Gasteiger partial charge in [-0.25, -0.2) is 4.98 Å². The van der Waals surface area contributed by atoms with Gasteiger partial charge in [0.05, 0.1) is 24.0 Å². The van der Waals surface area contributed by atoms with Crippen molar-refractivity contribution in [2.45, 2.75) is 33.2 Å². The van der Waals surface area contributed by atoms with Crippen molar-refractivity contribution in [2.75, 3.05) is 18.4 Å². The molecule has 1 amide bonds. The van der Waals surface area contributed by atoms with E-state index in [0.717, 1.165) is 11.3 Å². The van der Waals surface area contributed by atoms with E-state index >= 15 is 0 Å². The van der Waals surface area contributed by atoms with Crippen molar-refractivity contribution in [2.24, 2.45) is 0 Å². The highest BCUT2D eigenvalue weighted by Gasteiger charge is 2.14. The van der Waals surface area contributed by atoms with Crippen molar-refractivity contribution < 1.29 is 4.79 Å². The number of aromatic amines is 1. The van der Waals surface area contributed by atoms with Crippen molar-refractivity contribution in [3.63, 3.8) is 0 Å². The first-order chi connectivity index (χ1) is 13.9. The lowest BCUT2D eigenvalue weighted by molar-refractivity contribution is -0.117. The van der Waals surface area contributed by atoms with E-state index in [9.17, 15) is 9.59 Å². The topological polar surface area (TPSA) is 78.1 Å². The Morgan fingerprint density at radius 1 is 1.24 bits per heavy atom. The number of para-hydroxylation sites is 1. The van der Waals surface area contributed by atoms with E-state index < -0.39 is 0 Å². The number of H-pyrrole nitrogens is 1. The molecule has 0 bridgehead atoms. The molecule has 0 atom stereocenters. The summed E-state index contributed by atoms with van der Waals surface area (Å²) in [6.45, 7) is 7.34. The first-order valence-electron chi connectivity index (χ1n) is 9.67. The van der Waals surface area contributed by atoms with Gasteiger partial charge in [-0.1, -0.05) is 50.6 Å². The van der Waals surface area contributed by atoms with Crippen molar-refractivity contribution in [1.29, 1.82) is 0 Å². The summed E-state index contributed by atoms with van der Waals surface area (Å²) in [6.07, 6.45) is 0. The molecule has 0 fully saturated rings. The van der Waals surface area contributed by atoms with Crippen LogP contribution in [0.3, 0.4) is 0 Å². The van der Waals surface area contributed by atoms with Gasteiger partial charge in [-0.15, -0.1) is 0 Å². The van der Waals surface area contributed by atoms with Crippen LogP contribution < -0.4 is 10.9 Å². The fourth-order valence-corrected chi connectivity index (χ4v) is 3.40. The van der Waals surface area contributed by atoms with Crippen LogP contribution in [-0.4, -0.2) is 33.9 Å². The van der Waals surface area contributed by atoms with Gasteiger partial charge in [0, 0.05) is 10.7 Å². The number of nitrogens with zero attached hydrogens (tertiary/aromatic N) is 2. The standard InChI is InChI=1S/C22H25ClN4O2/c1-4-27(13-21(28)25-18-8-6-5-7-16(18)14(2)3)12-20-24-19-11-15(23)9-10-17(19)22(29)26-20/h5-11,14H,4,12-13H2,1-3H3,(H,25,28)(H,24,26,29). The molecule has 0 saturated heterocycles. The molecule has 0 aliphatic heterocycles. The number of hydrogen-bond acceptors (Lipinski definition) is 4. The van der Waals surface area contributed by atoms with E-state index in [1.807, 2.05) is 36.1 Å². The summed E-state index contributed by atoms with van der Waals surface area (Å²) in [5.41, 5.74) is 2.26. The van der Waals surface area contributed by atoms with Gasteiger partial charge in [0.2, 0.25) is 5.91 Å². The van der Waals surface area contributed by atoms with E-state index in [4.69, 9.17) is 11.6 Å². The minimum Gasteiger partial charge on any atom is -0.325 e. The number of rotatable bonds is 7. The maximum atomic E-state index is 12.6. The van der Waals surface area contributed by atoms with Crippen LogP contribution in [0.5, 0.6) is 0 Å². The minimum atomic E-state index is -0.215. The average molecular weight is 413 g/mol. The predicted octanol–water partition coefficient (Wildman–Crippen LogP) is 4.16. The van der Waals surface area contributed by atoms with E-state index in [-0.39, 0.29) is 18.0 Å². The molecule has 0 aliphatic rings. The number of amides is 1. The number of nitrogens with one attached hydrogen (secondary N) is 2. The highest BCUT2D eigenvalue weighted by atomic mass is 35.5. The number of hydrogen-bond donors (Lipinski definition) is 2. The molecule has 2 aromatic carbocycles. The molecule has 0 saturated carbocycles. The third-order valence-corrected chi connectivity index (χ3v) is 5.00. The molecule has 152 valence electrons. The lowest BCUT2D eigenvalue weighted by atomic mass is 10.0. The summed E-state index contributed by atoms with van der Waals surface area (Å²) in [6, 6.07) is 12.8. The van der Waals surface area contributed by atoms with E-state index in [1.165, 1.54) is 0 Å². The molecule has 0 spiro atoms. The van der Waals surface area contributed by atoms with Gasteiger partial charge >= 0.3 is 0 Å². The molecule has 3 aromatic rings. The molecule has 1 heterocycles. The number of aromatic nitrogens is 2. The van der Waals surface area contributed by atoms with Crippen LogP contribution in [0.25, 0.3) is 10.9 Å². The summed E-state index contributed by atoms with van der Waals surface area (Å²) in [7, 11) is 0. The zero-order valence-electron chi connectivity index (χ0n) is 16.8. The van der Waals surface area contributed by atoms with Crippen LogP contribution >= 0.6 is 11.6 Å². The summed E-state index contributed by atoms with van der Waals surface area (Å²) in [5.74, 6) is 0.709. The second kappa shape index (κ2) is 9.20. The third-order valence-electron chi connectivity index (χ3n) is 4.76. The van der Waals surface area contributed by atoms with Gasteiger partial charge in [-0.05, 0) is 42.3 Å². The SMILES string of the molecule is CCN(CC(=O)Nc1ccccc1C(C)C)Cc1nc2cc(Cl)ccc2c(=O)[nH]1. The van der Waals surface area contributed by atoms with Gasteiger partial charge in [0.1, 0.15) is 5.82 Å². The molecular weight excluding hydrogens is 388 g/mol. The number of benzene rings is 2. The zero-order chi connectivity index (χ0) is 21.0.